The third kappa shape index (κ3) is 3.71. The normalized spacial score (nSPS) is 20.0. The highest BCUT2D eigenvalue weighted by Gasteiger charge is 2.36. The van der Waals surface area contributed by atoms with Crippen molar-refractivity contribution in [2.45, 2.75) is 23.3 Å². The average Bonchev–Trinajstić information content (AvgIpc) is 3.12. The van der Waals surface area contributed by atoms with Crippen LogP contribution in [0.4, 0.5) is 0 Å². The highest BCUT2D eigenvalue weighted by Crippen LogP contribution is 2.43. The minimum absolute atomic E-state index is 0.0535. The van der Waals surface area contributed by atoms with Gasteiger partial charge in [-0.15, -0.1) is 0 Å². The standard InChI is InChI=1S/C22H20N2O5S/c25-30(26,17-7-9-22(24-13-17)27-15-4-2-1-3-5-15)29-16-6-8-18-19-10-11-23-14-21(19)28-20(18)12-16/h1-9,12-13,19,21,23H,10-11,14H2. The maximum atomic E-state index is 12.7. The summed E-state index contributed by atoms with van der Waals surface area (Å²) >= 11 is 0. The molecule has 2 aliphatic heterocycles. The smallest absolute Gasteiger partial charge is 0.340 e. The molecule has 1 saturated heterocycles. The summed E-state index contributed by atoms with van der Waals surface area (Å²) in [5, 5.41) is 3.32. The first-order valence-electron chi connectivity index (χ1n) is 9.73. The molecular formula is C22H20N2O5S. The van der Waals surface area contributed by atoms with Crippen LogP contribution >= 0.6 is 0 Å². The van der Waals surface area contributed by atoms with Gasteiger partial charge >= 0.3 is 10.1 Å². The van der Waals surface area contributed by atoms with Crippen molar-refractivity contribution in [1.82, 2.24) is 10.3 Å². The monoisotopic (exact) mass is 424 g/mol. The Morgan fingerprint density at radius 1 is 1.03 bits per heavy atom. The minimum Gasteiger partial charge on any atom is -0.488 e. The van der Waals surface area contributed by atoms with E-state index >= 15 is 0 Å². The lowest BCUT2D eigenvalue weighted by Gasteiger charge is -2.24. The summed E-state index contributed by atoms with van der Waals surface area (Å²) in [4.78, 5) is 4.02. The number of pyridine rings is 1. The molecule has 0 amide bonds. The molecule has 5 rings (SSSR count). The van der Waals surface area contributed by atoms with Crippen molar-refractivity contribution in [1.29, 1.82) is 0 Å². The number of nitrogens with one attached hydrogen (secondary N) is 1. The van der Waals surface area contributed by atoms with Crippen molar-refractivity contribution in [2.24, 2.45) is 0 Å². The first kappa shape index (κ1) is 18.9. The molecule has 2 unspecified atom stereocenters. The van der Waals surface area contributed by atoms with Crippen LogP contribution in [0.2, 0.25) is 0 Å². The van der Waals surface area contributed by atoms with E-state index in [1.165, 1.54) is 18.3 Å². The molecule has 0 aliphatic carbocycles. The average molecular weight is 424 g/mol. The molecule has 0 bridgehead atoms. The van der Waals surface area contributed by atoms with E-state index in [1.54, 1.807) is 24.3 Å². The molecule has 1 aromatic heterocycles. The minimum atomic E-state index is -4.03. The van der Waals surface area contributed by atoms with E-state index in [2.05, 4.69) is 10.3 Å². The number of nitrogens with zero attached hydrogens (tertiary/aromatic N) is 1. The number of rotatable bonds is 5. The highest BCUT2D eigenvalue weighted by atomic mass is 32.2. The number of fused-ring (bicyclic) bond motifs is 3. The van der Waals surface area contributed by atoms with E-state index < -0.39 is 10.1 Å². The van der Waals surface area contributed by atoms with Crippen molar-refractivity contribution in [2.75, 3.05) is 13.1 Å². The molecule has 1 fully saturated rings. The molecular weight excluding hydrogens is 404 g/mol. The number of ether oxygens (including phenoxy) is 2. The molecule has 3 heterocycles. The molecule has 2 aromatic carbocycles. The Kier molecular flexibility index (Phi) is 4.80. The number of aromatic nitrogens is 1. The van der Waals surface area contributed by atoms with Gasteiger partial charge in [0.05, 0.1) is 6.20 Å². The Hall–Kier alpha value is -3.10. The van der Waals surface area contributed by atoms with Crippen molar-refractivity contribution in [3.05, 3.63) is 72.4 Å². The summed E-state index contributed by atoms with van der Waals surface area (Å²) in [7, 11) is -4.03. The van der Waals surface area contributed by atoms with Crippen LogP contribution < -0.4 is 19.0 Å². The van der Waals surface area contributed by atoms with Crippen LogP contribution in [0.5, 0.6) is 23.1 Å². The van der Waals surface area contributed by atoms with Crippen LogP contribution in [0.25, 0.3) is 0 Å². The van der Waals surface area contributed by atoms with Crippen LogP contribution in [-0.4, -0.2) is 32.6 Å². The van der Waals surface area contributed by atoms with Crippen molar-refractivity contribution < 1.29 is 22.1 Å². The van der Waals surface area contributed by atoms with Gasteiger partial charge in [0.1, 0.15) is 28.2 Å². The first-order valence-corrected chi connectivity index (χ1v) is 11.1. The lowest BCUT2D eigenvalue weighted by molar-refractivity contribution is 0.176. The molecule has 0 radical (unpaired) electrons. The van der Waals surface area contributed by atoms with Gasteiger partial charge < -0.3 is 19.0 Å². The van der Waals surface area contributed by atoms with Crippen LogP contribution in [-0.2, 0) is 10.1 Å². The summed E-state index contributed by atoms with van der Waals surface area (Å²) < 4.78 is 42.2. The molecule has 8 heteroatoms. The molecule has 2 aliphatic rings. The summed E-state index contributed by atoms with van der Waals surface area (Å²) in [5.74, 6) is 2.15. The van der Waals surface area contributed by atoms with Crippen molar-refractivity contribution >= 4 is 10.1 Å². The summed E-state index contributed by atoms with van der Waals surface area (Å²) in [6.45, 7) is 1.74. The molecule has 30 heavy (non-hydrogen) atoms. The van der Waals surface area contributed by atoms with Gasteiger partial charge in [-0.05, 0) is 37.2 Å². The van der Waals surface area contributed by atoms with E-state index in [4.69, 9.17) is 13.7 Å². The Morgan fingerprint density at radius 3 is 2.70 bits per heavy atom. The van der Waals surface area contributed by atoms with E-state index in [0.29, 0.717) is 23.3 Å². The van der Waals surface area contributed by atoms with Gasteiger partial charge in [0.2, 0.25) is 5.88 Å². The van der Waals surface area contributed by atoms with E-state index in [0.717, 1.165) is 25.1 Å². The number of benzene rings is 2. The van der Waals surface area contributed by atoms with Gasteiger partial charge in [0, 0.05) is 30.2 Å². The molecule has 2 atom stereocenters. The van der Waals surface area contributed by atoms with Crippen LogP contribution in [0, 0.1) is 0 Å². The van der Waals surface area contributed by atoms with Gasteiger partial charge in [-0.3, -0.25) is 0 Å². The van der Waals surface area contributed by atoms with Gasteiger partial charge in [-0.1, -0.05) is 24.3 Å². The fourth-order valence-corrected chi connectivity index (χ4v) is 4.68. The lowest BCUT2D eigenvalue weighted by atomic mass is 9.90. The lowest BCUT2D eigenvalue weighted by Crippen LogP contribution is -2.39. The maximum absolute atomic E-state index is 12.7. The van der Waals surface area contributed by atoms with Crippen molar-refractivity contribution in [3.8, 4) is 23.1 Å². The summed E-state index contributed by atoms with van der Waals surface area (Å²) in [5.41, 5.74) is 1.11. The highest BCUT2D eigenvalue weighted by molar-refractivity contribution is 7.87. The van der Waals surface area contributed by atoms with Gasteiger partial charge in [-0.2, -0.15) is 8.42 Å². The van der Waals surface area contributed by atoms with Gasteiger partial charge in [0.15, 0.2) is 0 Å². The van der Waals surface area contributed by atoms with E-state index in [1.807, 2.05) is 24.3 Å². The summed E-state index contributed by atoms with van der Waals surface area (Å²) in [6.07, 6.45) is 2.30. The predicted molar refractivity (Wildman–Crippen MR) is 110 cm³/mol. The second-order valence-electron chi connectivity index (χ2n) is 7.24. The zero-order valence-corrected chi connectivity index (χ0v) is 16.8. The van der Waals surface area contributed by atoms with Crippen LogP contribution in [0.3, 0.4) is 0 Å². The molecule has 3 aromatic rings. The third-order valence-electron chi connectivity index (χ3n) is 5.26. The quantitative estimate of drug-likeness (QED) is 0.628. The van der Waals surface area contributed by atoms with E-state index in [9.17, 15) is 8.42 Å². The van der Waals surface area contributed by atoms with Crippen LogP contribution in [0.1, 0.15) is 17.9 Å². The largest absolute Gasteiger partial charge is 0.488 e. The Labute approximate surface area is 174 Å². The molecule has 1 N–H and O–H groups in total. The Balaban J connectivity index is 1.31. The number of hydrogen-bond donors (Lipinski definition) is 1. The number of piperidine rings is 1. The Morgan fingerprint density at radius 2 is 1.90 bits per heavy atom. The fourth-order valence-electron chi connectivity index (χ4n) is 3.81. The second kappa shape index (κ2) is 7.62. The molecule has 0 saturated carbocycles. The molecule has 7 nitrogen and oxygen atoms in total. The van der Waals surface area contributed by atoms with Crippen LogP contribution in [0.15, 0.2) is 71.8 Å². The summed E-state index contributed by atoms with van der Waals surface area (Å²) in [6, 6.07) is 17.2. The number of hydrogen-bond acceptors (Lipinski definition) is 7. The SMILES string of the molecule is O=S(=O)(Oc1ccc2c(c1)OC1CNCCC21)c1ccc(Oc2ccccc2)nc1. The Bertz CT molecular complexity index is 1150. The fraction of sp³-hybridized carbons (Fsp3) is 0.227. The topological polar surface area (TPSA) is 86.8 Å². The van der Waals surface area contributed by atoms with E-state index in [-0.39, 0.29) is 16.7 Å². The molecule has 0 spiro atoms. The predicted octanol–water partition coefficient (Wildman–Crippen LogP) is 3.48. The zero-order valence-electron chi connectivity index (χ0n) is 16.0. The molecule has 154 valence electrons. The number of para-hydroxylation sites is 1. The first-order chi connectivity index (χ1) is 14.6. The van der Waals surface area contributed by atoms with Gasteiger partial charge in [0.25, 0.3) is 0 Å². The second-order valence-corrected chi connectivity index (χ2v) is 8.79. The zero-order chi connectivity index (χ0) is 20.6. The van der Waals surface area contributed by atoms with Crippen molar-refractivity contribution in [3.63, 3.8) is 0 Å². The van der Waals surface area contributed by atoms with Gasteiger partial charge in [-0.25, -0.2) is 4.98 Å². The third-order valence-corrected chi connectivity index (χ3v) is 6.49. The maximum Gasteiger partial charge on any atom is 0.340 e.